The molecule has 0 spiro atoms. The molecule has 2 aromatic heterocycles. The Morgan fingerprint density at radius 3 is 2.36 bits per heavy atom. The molecule has 10 nitrogen and oxygen atoms in total. The standard InChI is InChI=1S/C33H38N6O4S/c1-4-11-31(41)43-23(3)26-15-10-12-24(20-26)21-29(40)34-28-19-18-27(36-37-28)16-8-9-17-30-38-39-33(44-30)35-32(42)22(2)25-13-6-5-7-14-25/h5-7,10,12-15,18-20,22-23H,4,8-9,11,16-17,21H2,1-3H3,(H,34,37,40)(H,35,39,42). The number of esters is 1. The monoisotopic (exact) mass is 614 g/mol. The van der Waals surface area contributed by atoms with E-state index in [2.05, 4.69) is 31.0 Å². The van der Waals surface area contributed by atoms with E-state index < -0.39 is 0 Å². The van der Waals surface area contributed by atoms with Crippen LogP contribution in [0.4, 0.5) is 10.9 Å². The predicted molar refractivity (Wildman–Crippen MR) is 170 cm³/mol. The summed E-state index contributed by atoms with van der Waals surface area (Å²) in [5.41, 5.74) is 3.45. The van der Waals surface area contributed by atoms with E-state index in [1.807, 2.05) is 81.4 Å². The SMILES string of the molecule is CCCC(=O)OC(C)c1cccc(CC(=O)Nc2ccc(CCCCc3nnc(NC(=O)C(C)c4ccccc4)s3)nn2)c1. The first-order valence-electron chi connectivity index (χ1n) is 14.9. The lowest BCUT2D eigenvalue weighted by molar-refractivity contribution is -0.148. The quantitative estimate of drug-likeness (QED) is 0.119. The van der Waals surface area contributed by atoms with Crippen LogP contribution in [0.5, 0.6) is 0 Å². The lowest BCUT2D eigenvalue weighted by Gasteiger charge is -2.14. The number of carbonyl (C=O) groups is 3. The third-order valence-corrected chi connectivity index (χ3v) is 7.90. The zero-order valence-corrected chi connectivity index (χ0v) is 26.1. The van der Waals surface area contributed by atoms with E-state index in [9.17, 15) is 14.4 Å². The Labute approximate surface area is 261 Å². The summed E-state index contributed by atoms with van der Waals surface area (Å²) in [5.74, 6) is -0.432. The van der Waals surface area contributed by atoms with Gasteiger partial charge in [0.25, 0.3) is 0 Å². The second-order valence-corrected chi connectivity index (χ2v) is 11.7. The number of benzene rings is 2. The van der Waals surface area contributed by atoms with Crippen molar-refractivity contribution in [3.8, 4) is 0 Å². The molecule has 2 amide bonds. The Kier molecular flexibility index (Phi) is 12.1. The summed E-state index contributed by atoms with van der Waals surface area (Å²) in [6.45, 7) is 5.63. The fourth-order valence-corrected chi connectivity index (χ4v) is 5.30. The zero-order valence-electron chi connectivity index (χ0n) is 25.3. The third-order valence-electron chi connectivity index (χ3n) is 7.00. The number of carbonyl (C=O) groups excluding carboxylic acids is 3. The number of anilines is 2. The van der Waals surface area contributed by atoms with Gasteiger partial charge in [-0.1, -0.05) is 72.9 Å². The molecule has 2 heterocycles. The molecule has 0 radical (unpaired) electrons. The maximum Gasteiger partial charge on any atom is 0.306 e. The number of aromatic nitrogens is 4. The van der Waals surface area contributed by atoms with Gasteiger partial charge in [0, 0.05) is 12.8 Å². The van der Waals surface area contributed by atoms with Crippen LogP contribution < -0.4 is 10.6 Å². The molecule has 2 N–H and O–H groups in total. The fourth-order valence-electron chi connectivity index (χ4n) is 4.51. The topological polar surface area (TPSA) is 136 Å². The molecule has 0 fully saturated rings. The van der Waals surface area contributed by atoms with E-state index in [1.165, 1.54) is 11.3 Å². The van der Waals surface area contributed by atoms with Crippen molar-refractivity contribution in [2.45, 2.75) is 77.7 Å². The molecule has 0 aliphatic carbocycles. The first-order valence-corrected chi connectivity index (χ1v) is 15.7. The van der Waals surface area contributed by atoms with Gasteiger partial charge in [-0.25, -0.2) is 0 Å². The number of hydrogen-bond acceptors (Lipinski definition) is 9. The molecular weight excluding hydrogens is 576 g/mol. The molecule has 2 atom stereocenters. The summed E-state index contributed by atoms with van der Waals surface area (Å²) in [6, 6.07) is 20.7. The van der Waals surface area contributed by atoms with Crippen LogP contribution in [0.3, 0.4) is 0 Å². The van der Waals surface area contributed by atoms with Crippen LogP contribution in [0, 0.1) is 0 Å². The van der Waals surface area contributed by atoms with Crippen LogP contribution in [0.25, 0.3) is 0 Å². The lowest BCUT2D eigenvalue weighted by Crippen LogP contribution is -2.18. The number of nitrogens with one attached hydrogen (secondary N) is 2. The van der Waals surface area contributed by atoms with E-state index >= 15 is 0 Å². The number of amides is 2. The first-order chi connectivity index (χ1) is 21.3. The maximum atomic E-state index is 12.6. The summed E-state index contributed by atoms with van der Waals surface area (Å²) in [5, 5.41) is 23.8. The average Bonchev–Trinajstić information content (AvgIpc) is 3.47. The van der Waals surface area contributed by atoms with Gasteiger partial charge in [0.2, 0.25) is 16.9 Å². The summed E-state index contributed by atoms with van der Waals surface area (Å²) in [4.78, 5) is 37.0. The van der Waals surface area contributed by atoms with Crippen LogP contribution in [0.2, 0.25) is 0 Å². The zero-order chi connectivity index (χ0) is 31.3. The normalized spacial score (nSPS) is 12.2. The van der Waals surface area contributed by atoms with Crippen molar-refractivity contribution in [2.24, 2.45) is 0 Å². The molecule has 2 unspecified atom stereocenters. The first kappa shape index (κ1) is 32.4. The molecule has 2 aromatic carbocycles. The van der Waals surface area contributed by atoms with Crippen molar-refractivity contribution < 1.29 is 19.1 Å². The van der Waals surface area contributed by atoms with Gasteiger partial charge < -0.3 is 15.4 Å². The molecule has 0 aliphatic rings. The van der Waals surface area contributed by atoms with Crippen molar-refractivity contribution in [3.05, 3.63) is 94.1 Å². The van der Waals surface area contributed by atoms with Gasteiger partial charge in [-0.3, -0.25) is 14.4 Å². The molecular formula is C33H38N6O4S. The molecule has 0 bridgehead atoms. The number of rotatable bonds is 15. The van der Waals surface area contributed by atoms with Crippen molar-refractivity contribution in [1.82, 2.24) is 20.4 Å². The van der Waals surface area contributed by atoms with E-state index in [-0.39, 0.29) is 36.2 Å². The largest absolute Gasteiger partial charge is 0.458 e. The molecule has 0 saturated carbocycles. The summed E-state index contributed by atoms with van der Waals surface area (Å²) in [7, 11) is 0. The van der Waals surface area contributed by atoms with Crippen molar-refractivity contribution in [2.75, 3.05) is 10.6 Å². The van der Waals surface area contributed by atoms with Gasteiger partial charge in [-0.05, 0) is 68.4 Å². The minimum atomic E-state index is -0.382. The Bertz CT molecular complexity index is 1530. The van der Waals surface area contributed by atoms with Gasteiger partial charge >= 0.3 is 5.97 Å². The molecule has 4 rings (SSSR count). The van der Waals surface area contributed by atoms with Gasteiger partial charge in [0.15, 0.2) is 5.82 Å². The number of nitrogens with zero attached hydrogens (tertiary/aromatic N) is 4. The molecule has 0 aliphatic heterocycles. The fraction of sp³-hybridized carbons (Fsp3) is 0.364. The van der Waals surface area contributed by atoms with Crippen LogP contribution in [0.15, 0.2) is 66.7 Å². The number of unbranched alkanes of at least 4 members (excludes halogenated alkanes) is 1. The van der Waals surface area contributed by atoms with Gasteiger partial charge in [-0.2, -0.15) is 5.10 Å². The van der Waals surface area contributed by atoms with Gasteiger partial charge in [0.05, 0.1) is 18.0 Å². The highest BCUT2D eigenvalue weighted by Gasteiger charge is 2.17. The molecule has 11 heteroatoms. The van der Waals surface area contributed by atoms with E-state index in [4.69, 9.17) is 4.74 Å². The summed E-state index contributed by atoms with van der Waals surface area (Å²) in [6.07, 6.45) is 4.17. The number of aryl methyl sites for hydroxylation is 2. The van der Waals surface area contributed by atoms with Crippen LogP contribution in [-0.2, 0) is 38.4 Å². The second-order valence-electron chi connectivity index (χ2n) is 10.6. The molecule has 0 saturated heterocycles. The maximum absolute atomic E-state index is 12.6. The van der Waals surface area contributed by atoms with Crippen LogP contribution in [-0.4, -0.2) is 38.2 Å². The Morgan fingerprint density at radius 2 is 1.61 bits per heavy atom. The Hall–Kier alpha value is -4.51. The highest BCUT2D eigenvalue weighted by Crippen LogP contribution is 2.22. The smallest absolute Gasteiger partial charge is 0.306 e. The van der Waals surface area contributed by atoms with Gasteiger partial charge in [0.1, 0.15) is 11.1 Å². The summed E-state index contributed by atoms with van der Waals surface area (Å²) >= 11 is 1.39. The van der Waals surface area contributed by atoms with Crippen molar-refractivity contribution in [1.29, 1.82) is 0 Å². The molecule has 4 aromatic rings. The van der Waals surface area contributed by atoms with E-state index in [0.717, 1.165) is 59.5 Å². The lowest BCUT2D eigenvalue weighted by atomic mass is 10.0. The highest BCUT2D eigenvalue weighted by atomic mass is 32.1. The van der Waals surface area contributed by atoms with Crippen molar-refractivity contribution >= 4 is 40.1 Å². The molecule has 44 heavy (non-hydrogen) atoms. The third kappa shape index (κ3) is 10.0. The highest BCUT2D eigenvalue weighted by molar-refractivity contribution is 7.15. The Balaban J connectivity index is 1.17. The predicted octanol–water partition coefficient (Wildman–Crippen LogP) is 6.22. The minimum Gasteiger partial charge on any atom is -0.458 e. The minimum absolute atomic E-state index is 0.108. The van der Waals surface area contributed by atoms with Crippen LogP contribution >= 0.6 is 11.3 Å². The van der Waals surface area contributed by atoms with E-state index in [0.29, 0.717) is 17.4 Å². The Morgan fingerprint density at radius 1 is 0.841 bits per heavy atom. The average molecular weight is 615 g/mol. The number of hydrogen-bond donors (Lipinski definition) is 2. The van der Waals surface area contributed by atoms with Gasteiger partial charge in [-0.15, -0.1) is 15.3 Å². The number of ether oxygens (including phenoxy) is 1. The van der Waals surface area contributed by atoms with Crippen molar-refractivity contribution in [3.63, 3.8) is 0 Å². The van der Waals surface area contributed by atoms with E-state index in [1.54, 1.807) is 6.07 Å². The second kappa shape index (κ2) is 16.4. The summed E-state index contributed by atoms with van der Waals surface area (Å²) < 4.78 is 5.46. The van der Waals surface area contributed by atoms with Crippen LogP contribution in [0.1, 0.15) is 85.9 Å². The molecule has 230 valence electrons.